The lowest BCUT2D eigenvalue weighted by atomic mass is 9.47. The lowest BCUT2D eigenvalue weighted by Gasteiger charge is -2.56. The molecule has 4 heteroatoms. The average Bonchev–Trinajstić information content (AvgIpc) is 3.09. The Hall–Kier alpha value is -1.13. The van der Waals surface area contributed by atoms with Gasteiger partial charge in [0.2, 0.25) is 0 Å². The van der Waals surface area contributed by atoms with Crippen LogP contribution in [0.5, 0.6) is 0 Å². The lowest BCUT2D eigenvalue weighted by Crippen LogP contribution is -2.56. The summed E-state index contributed by atoms with van der Waals surface area (Å²) < 4.78 is 5.55. The van der Waals surface area contributed by atoms with E-state index in [1.54, 1.807) is 0 Å². The van der Waals surface area contributed by atoms with Crippen LogP contribution in [-0.2, 0) is 9.53 Å². The molecule has 1 spiro atoms. The standard InChI is InChI=1S/C21H28O4/c1-3-11-4-6-13-12-5-7-15-17(22)18(23)16-10-21(15,19(24)25-16)14(12)8-9-20(11,13)2/h3,7,11-14,16-18,22-23H,1,4-6,8-10H2,2H3/t11-,12-,13-,14-,16-,17+,18-,20+,21-/m0/s1. The molecule has 1 saturated heterocycles. The fraction of sp³-hybridized carbons (Fsp3) is 0.762. The van der Waals surface area contributed by atoms with Gasteiger partial charge < -0.3 is 14.9 Å². The van der Waals surface area contributed by atoms with Gasteiger partial charge in [-0.15, -0.1) is 6.58 Å². The SMILES string of the molecule is C=C[C@H]1CC[C@H]2[C@@H]3CC=C4[C@@H](O)[C@@H](O)[C@@H]5C[C@]4(C(=O)O5)[C@H]3CC[C@]12C. The lowest BCUT2D eigenvalue weighted by molar-refractivity contribution is -0.153. The third kappa shape index (κ3) is 1.73. The Morgan fingerprint density at radius 1 is 1.28 bits per heavy atom. The Kier molecular flexibility index (Phi) is 3.20. The molecule has 5 rings (SSSR count). The molecule has 136 valence electrons. The summed E-state index contributed by atoms with van der Waals surface area (Å²) in [7, 11) is 0. The number of carbonyl (C=O) groups excluding carboxylic acids is 1. The highest BCUT2D eigenvalue weighted by molar-refractivity contribution is 5.85. The number of aliphatic hydroxyl groups excluding tert-OH is 2. The molecular formula is C21H28O4. The van der Waals surface area contributed by atoms with Crippen LogP contribution >= 0.6 is 0 Å². The molecule has 2 bridgehead atoms. The fourth-order valence-corrected chi connectivity index (χ4v) is 7.50. The first-order valence-corrected chi connectivity index (χ1v) is 9.84. The molecule has 4 aliphatic carbocycles. The molecule has 0 unspecified atom stereocenters. The van der Waals surface area contributed by atoms with Crippen LogP contribution in [0.2, 0.25) is 0 Å². The van der Waals surface area contributed by atoms with E-state index in [-0.39, 0.29) is 11.9 Å². The molecule has 4 fully saturated rings. The summed E-state index contributed by atoms with van der Waals surface area (Å²) in [6.45, 7) is 6.48. The summed E-state index contributed by atoms with van der Waals surface area (Å²) in [6.07, 6.45) is 7.72. The third-order valence-corrected chi connectivity index (χ3v) is 8.72. The minimum Gasteiger partial charge on any atom is -0.459 e. The van der Waals surface area contributed by atoms with Crippen molar-refractivity contribution in [1.29, 1.82) is 0 Å². The molecule has 0 amide bonds. The van der Waals surface area contributed by atoms with E-state index in [9.17, 15) is 15.0 Å². The van der Waals surface area contributed by atoms with Crippen molar-refractivity contribution in [3.63, 3.8) is 0 Å². The molecule has 3 saturated carbocycles. The highest BCUT2D eigenvalue weighted by Crippen LogP contribution is 2.68. The van der Waals surface area contributed by atoms with Crippen LogP contribution in [0.15, 0.2) is 24.3 Å². The number of carbonyl (C=O) groups is 1. The van der Waals surface area contributed by atoms with E-state index in [4.69, 9.17) is 4.74 Å². The fourth-order valence-electron chi connectivity index (χ4n) is 7.50. The normalized spacial score (nSPS) is 56.4. The van der Waals surface area contributed by atoms with Gasteiger partial charge in [-0.2, -0.15) is 0 Å². The van der Waals surface area contributed by atoms with Gasteiger partial charge >= 0.3 is 5.97 Å². The maximum Gasteiger partial charge on any atom is 0.317 e. The number of rotatable bonds is 1. The van der Waals surface area contributed by atoms with Gasteiger partial charge in [0.25, 0.3) is 0 Å². The van der Waals surface area contributed by atoms with E-state index in [0.717, 1.165) is 24.8 Å². The summed E-state index contributed by atoms with van der Waals surface area (Å²) in [4.78, 5) is 12.9. The van der Waals surface area contributed by atoms with Gasteiger partial charge in [0.05, 0.1) is 5.41 Å². The molecule has 9 atom stereocenters. The molecule has 0 radical (unpaired) electrons. The van der Waals surface area contributed by atoms with Crippen molar-refractivity contribution in [1.82, 2.24) is 0 Å². The van der Waals surface area contributed by atoms with Crippen molar-refractivity contribution in [2.45, 2.75) is 63.8 Å². The highest BCUT2D eigenvalue weighted by atomic mass is 16.6. The number of aliphatic hydroxyl groups is 2. The van der Waals surface area contributed by atoms with Crippen molar-refractivity contribution in [2.75, 3.05) is 0 Å². The first-order valence-electron chi connectivity index (χ1n) is 9.84. The van der Waals surface area contributed by atoms with E-state index >= 15 is 0 Å². The minimum absolute atomic E-state index is 0.198. The second-order valence-electron chi connectivity index (χ2n) is 9.29. The van der Waals surface area contributed by atoms with E-state index in [2.05, 4.69) is 25.7 Å². The van der Waals surface area contributed by atoms with Crippen molar-refractivity contribution in [3.8, 4) is 0 Å². The van der Waals surface area contributed by atoms with Gasteiger partial charge in [0, 0.05) is 6.42 Å². The summed E-state index contributed by atoms with van der Waals surface area (Å²) >= 11 is 0. The Bertz CT molecular complexity index is 669. The Labute approximate surface area is 148 Å². The summed E-state index contributed by atoms with van der Waals surface area (Å²) in [5.41, 5.74) is 0.362. The van der Waals surface area contributed by atoms with Crippen LogP contribution in [0.3, 0.4) is 0 Å². The number of hydrogen-bond acceptors (Lipinski definition) is 4. The molecule has 1 aliphatic heterocycles. The molecule has 5 aliphatic rings. The topological polar surface area (TPSA) is 66.8 Å². The molecule has 0 aromatic heterocycles. The van der Waals surface area contributed by atoms with Crippen LogP contribution in [0.25, 0.3) is 0 Å². The van der Waals surface area contributed by atoms with Gasteiger partial charge in [-0.05, 0) is 66.8 Å². The zero-order chi connectivity index (χ0) is 17.6. The number of allylic oxidation sites excluding steroid dienone is 2. The molecule has 0 aromatic carbocycles. The first-order chi connectivity index (χ1) is 11.9. The zero-order valence-corrected chi connectivity index (χ0v) is 14.9. The van der Waals surface area contributed by atoms with Crippen molar-refractivity contribution < 1.29 is 19.7 Å². The predicted molar refractivity (Wildman–Crippen MR) is 92.4 cm³/mol. The van der Waals surface area contributed by atoms with Crippen LogP contribution in [0.1, 0.15) is 45.4 Å². The third-order valence-electron chi connectivity index (χ3n) is 8.72. The van der Waals surface area contributed by atoms with Crippen LogP contribution in [0, 0.1) is 34.5 Å². The Balaban J connectivity index is 1.58. The van der Waals surface area contributed by atoms with Crippen molar-refractivity contribution >= 4 is 5.97 Å². The van der Waals surface area contributed by atoms with E-state index in [1.165, 1.54) is 12.8 Å². The summed E-state index contributed by atoms with van der Waals surface area (Å²) in [5, 5.41) is 20.9. The molecule has 4 nitrogen and oxygen atoms in total. The molecular weight excluding hydrogens is 316 g/mol. The zero-order valence-electron chi connectivity index (χ0n) is 14.9. The quantitative estimate of drug-likeness (QED) is 0.567. The van der Waals surface area contributed by atoms with Crippen molar-refractivity contribution in [2.24, 2.45) is 34.5 Å². The monoisotopic (exact) mass is 344 g/mol. The minimum atomic E-state index is -0.979. The molecule has 0 aromatic rings. The van der Waals surface area contributed by atoms with Crippen LogP contribution < -0.4 is 0 Å². The van der Waals surface area contributed by atoms with Gasteiger partial charge in [-0.3, -0.25) is 4.79 Å². The predicted octanol–water partition coefficient (Wildman–Crippen LogP) is 2.60. The van der Waals surface area contributed by atoms with E-state index < -0.39 is 23.7 Å². The average molecular weight is 344 g/mol. The van der Waals surface area contributed by atoms with Gasteiger partial charge in [-0.25, -0.2) is 0 Å². The maximum atomic E-state index is 12.9. The molecule has 2 N–H and O–H groups in total. The van der Waals surface area contributed by atoms with Gasteiger partial charge in [-0.1, -0.05) is 19.1 Å². The Morgan fingerprint density at radius 2 is 2.08 bits per heavy atom. The smallest absolute Gasteiger partial charge is 0.317 e. The number of esters is 1. The number of ether oxygens (including phenoxy) is 1. The van der Waals surface area contributed by atoms with Crippen LogP contribution in [-0.4, -0.2) is 34.5 Å². The van der Waals surface area contributed by atoms with Crippen molar-refractivity contribution in [3.05, 3.63) is 24.3 Å². The summed E-state index contributed by atoms with van der Waals surface area (Å²) in [5.74, 6) is 1.70. The number of hydrogen-bond donors (Lipinski definition) is 2. The highest BCUT2D eigenvalue weighted by Gasteiger charge is 2.68. The largest absolute Gasteiger partial charge is 0.459 e. The van der Waals surface area contributed by atoms with Crippen LogP contribution in [0.4, 0.5) is 0 Å². The van der Waals surface area contributed by atoms with Gasteiger partial charge in [0.15, 0.2) is 0 Å². The van der Waals surface area contributed by atoms with E-state index in [1.807, 2.05) is 0 Å². The Morgan fingerprint density at radius 3 is 2.84 bits per heavy atom. The van der Waals surface area contributed by atoms with E-state index in [0.29, 0.717) is 29.6 Å². The molecule has 25 heavy (non-hydrogen) atoms. The summed E-state index contributed by atoms with van der Waals surface area (Å²) in [6, 6.07) is 0. The first kappa shape index (κ1) is 16.1. The maximum absolute atomic E-state index is 12.9. The molecule has 1 heterocycles. The second kappa shape index (κ2) is 4.98. The second-order valence-corrected chi connectivity index (χ2v) is 9.29. The van der Waals surface area contributed by atoms with Gasteiger partial charge in [0.1, 0.15) is 18.3 Å². The number of fused-ring (bicyclic) bond motifs is 4.